The predicted molar refractivity (Wildman–Crippen MR) is 79.4 cm³/mol. The fourth-order valence-corrected chi connectivity index (χ4v) is 3.35. The Labute approximate surface area is 118 Å². The second-order valence-corrected chi connectivity index (χ2v) is 5.77. The molecule has 0 bridgehead atoms. The first-order valence-electron chi connectivity index (χ1n) is 7.65. The van der Waals surface area contributed by atoms with E-state index in [1.165, 1.54) is 25.7 Å². The lowest BCUT2D eigenvalue weighted by molar-refractivity contribution is 0.0521. The maximum atomic E-state index is 6.15. The lowest BCUT2D eigenvalue weighted by atomic mass is 9.92. The van der Waals surface area contributed by atoms with Crippen LogP contribution < -0.4 is 5.73 Å². The molecule has 0 amide bonds. The van der Waals surface area contributed by atoms with E-state index in [1.807, 2.05) is 0 Å². The van der Waals surface area contributed by atoms with E-state index in [1.54, 1.807) is 14.2 Å². The normalized spacial score (nSPS) is 27.3. The molecular formula is C15H32N2O2. The number of rotatable bonds is 10. The molecule has 0 saturated heterocycles. The van der Waals surface area contributed by atoms with Gasteiger partial charge in [0.2, 0.25) is 0 Å². The molecule has 2 atom stereocenters. The van der Waals surface area contributed by atoms with Crippen molar-refractivity contribution < 1.29 is 9.47 Å². The van der Waals surface area contributed by atoms with Gasteiger partial charge in [-0.1, -0.05) is 13.3 Å². The van der Waals surface area contributed by atoms with Crippen LogP contribution in [0.2, 0.25) is 0 Å². The summed E-state index contributed by atoms with van der Waals surface area (Å²) in [6, 6.07) is 0. The van der Waals surface area contributed by atoms with Crippen molar-refractivity contribution in [3.05, 3.63) is 0 Å². The molecule has 4 nitrogen and oxygen atoms in total. The van der Waals surface area contributed by atoms with Crippen molar-refractivity contribution in [2.45, 2.75) is 44.6 Å². The van der Waals surface area contributed by atoms with Crippen LogP contribution in [0.3, 0.4) is 0 Å². The number of ether oxygens (including phenoxy) is 2. The Morgan fingerprint density at radius 2 is 1.95 bits per heavy atom. The molecule has 1 aliphatic carbocycles. The van der Waals surface area contributed by atoms with E-state index < -0.39 is 0 Å². The molecule has 1 rings (SSSR count). The molecule has 2 unspecified atom stereocenters. The second kappa shape index (κ2) is 8.90. The van der Waals surface area contributed by atoms with E-state index in [0.29, 0.717) is 0 Å². The molecule has 114 valence electrons. The fraction of sp³-hybridized carbons (Fsp3) is 1.00. The van der Waals surface area contributed by atoms with Crippen molar-refractivity contribution in [2.75, 3.05) is 47.1 Å². The van der Waals surface area contributed by atoms with E-state index in [9.17, 15) is 0 Å². The molecule has 1 fully saturated rings. The molecule has 2 N–H and O–H groups in total. The van der Waals surface area contributed by atoms with Crippen LogP contribution in [0.25, 0.3) is 0 Å². The van der Waals surface area contributed by atoms with Gasteiger partial charge < -0.3 is 15.2 Å². The summed E-state index contributed by atoms with van der Waals surface area (Å²) in [5.41, 5.74) is 6.35. The highest BCUT2D eigenvalue weighted by atomic mass is 16.5. The Bertz CT molecular complexity index is 238. The predicted octanol–water partition coefficient (Wildman–Crippen LogP) is 1.88. The molecule has 0 aromatic heterocycles. The van der Waals surface area contributed by atoms with Gasteiger partial charge in [0.25, 0.3) is 0 Å². The van der Waals surface area contributed by atoms with Crippen LogP contribution >= 0.6 is 0 Å². The minimum Gasteiger partial charge on any atom is -0.385 e. The zero-order chi connectivity index (χ0) is 14.1. The minimum atomic E-state index is 0.201. The first-order chi connectivity index (χ1) is 9.22. The van der Waals surface area contributed by atoms with E-state index in [0.717, 1.165) is 45.2 Å². The zero-order valence-corrected chi connectivity index (χ0v) is 13.0. The molecular weight excluding hydrogens is 240 g/mol. The first-order valence-corrected chi connectivity index (χ1v) is 7.65. The fourth-order valence-electron chi connectivity index (χ4n) is 3.35. The van der Waals surface area contributed by atoms with Gasteiger partial charge in [0.15, 0.2) is 0 Å². The van der Waals surface area contributed by atoms with Gasteiger partial charge in [-0.2, -0.15) is 0 Å². The zero-order valence-electron chi connectivity index (χ0n) is 13.0. The molecule has 0 aliphatic heterocycles. The third-order valence-electron chi connectivity index (χ3n) is 4.66. The van der Waals surface area contributed by atoms with E-state index >= 15 is 0 Å². The summed E-state index contributed by atoms with van der Waals surface area (Å²) in [5.74, 6) is 0.844. The summed E-state index contributed by atoms with van der Waals surface area (Å²) in [7, 11) is 3.53. The van der Waals surface area contributed by atoms with E-state index in [4.69, 9.17) is 15.2 Å². The van der Waals surface area contributed by atoms with Crippen LogP contribution in [-0.4, -0.2) is 57.5 Å². The number of methoxy groups -OCH3 is 2. The van der Waals surface area contributed by atoms with Crippen molar-refractivity contribution in [2.24, 2.45) is 11.7 Å². The van der Waals surface area contributed by atoms with Gasteiger partial charge in [-0.25, -0.2) is 0 Å². The van der Waals surface area contributed by atoms with Crippen molar-refractivity contribution in [3.8, 4) is 0 Å². The topological polar surface area (TPSA) is 47.7 Å². The van der Waals surface area contributed by atoms with Gasteiger partial charge in [0.1, 0.15) is 0 Å². The minimum absolute atomic E-state index is 0.201. The van der Waals surface area contributed by atoms with Gasteiger partial charge >= 0.3 is 0 Å². The lowest BCUT2D eigenvalue weighted by Gasteiger charge is -2.41. The van der Waals surface area contributed by atoms with Gasteiger partial charge in [0, 0.05) is 46.0 Å². The molecule has 19 heavy (non-hydrogen) atoms. The summed E-state index contributed by atoms with van der Waals surface area (Å²) in [6.07, 6.45) is 6.15. The number of hydrogen-bond acceptors (Lipinski definition) is 4. The summed E-state index contributed by atoms with van der Waals surface area (Å²) in [4.78, 5) is 2.56. The number of nitrogens with zero attached hydrogens (tertiary/aromatic N) is 1. The Balaban J connectivity index is 2.63. The van der Waals surface area contributed by atoms with E-state index in [2.05, 4.69) is 11.8 Å². The Morgan fingerprint density at radius 1 is 1.21 bits per heavy atom. The van der Waals surface area contributed by atoms with Crippen LogP contribution in [0.4, 0.5) is 0 Å². The highest BCUT2D eigenvalue weighted by Gasteiger charge is 2.41. The largest absolute Gasteiger partial charge is 0.385 e. The monoisotopic (exact) mass is 272 g/mol. The van der Waals surface area contributed by atoms with Gasteiger partial charge in [-0.05, 0) is 31.6 Å². The van der Waals surface area contributed by atoms with Crippen molar-refractivity contribution >= 4 is 0 Å². The summed E-state index contributed by atoms with van der Waals surface area (Å²) >= 11 is 0. The number of hydrogen-bond donors (Lipinski definition) is 1. The number of nitrogens with two attached hydrogens (primary N) is 1. The van der Waals surface area contributed by atoms with Crippen molar-refractivity contribution in [1.82, 2.24) is 4.90 Å². The highest BCUT2D eigenvalue weighted by molar-refractivity contribution is 4.98. The molecule has 0 radical (unpaired) electrons. The molecule has 4 heteroatoms. The van der Waals surface area contributed by atoms with Crippen LogP contribution in [0, 0.1) is 5.92 Å². The Kier molecular flexibility index (Phi) is 7.91. The Morgan fingerprint density at radius 3 is 2.47 bits per heavy atom. The average molecular weight is 272 g/mol. The molecule has 1 aliphatic rings. The van der Waals surface area contributed by atoms with E-state index in [-0.39, 0.29) is 5.54 Å². The van der Waals surface area contributed by atoms with Gasteiger partial charge in [-0.15, -0.1) is 0 Å². The Hall–Kier alpha value is -0.160. The summed E-state index contributed by atoms with van der Waals surface area (Å²) < 4.78 is 10.4. The molecule has 0 heterocycles. The van der Waals surface area contributed by atoms with Gasteiger partial charge in [-0.3, -0.25) is 4.90 Å². The molecule has 0 aromatic carbocycles. The molecule has 0 aromatic rings. The van der Waals surface area contributed by atoms with Gasteiger partial charge in [0.05, 0.1) is 6.61 Å². The third kappa shape index (κ3) is 4.71. The quantitative estimate of drug-likeness (QED) is 0.617. The third-order valence-corrected chi connectivity index (χ3v) is 4.66. The summed E-state index contributed by atoms with van der Waals surface area (Å²) in [6.45, 7) is 6.70. The van der Waals surface area contributed by atoms with Crippen LogP contribution in [-0.2, 0) is 9.47 Å². The molecule has 0 spiro atoms. The maximum Gasteiger partial charge on any atom is 0.0589 e. The average Bonchev–Trinajstić information content (AvgIpc) is 2.87. The van der Waals surface area contributed by atoms with Crippen LogP contribution in [0.5, 0.6) is 0 Å². The lowest BCUT2D eigenvalue weighted by Crippen LogP contribution is -2.53. The standard InChI is InChI=1S/C15H32N2O2/c1-4-14-6-7-15(12-14,13-16)17(9-11-19-3)8-5-10-18-2/h14H,4-13,16H2,1-3H3. The SMILES string of the molecule is CCC1CCC(CN)(N(CCCOC)CCOC)C1. The maximum absolute atomic E-state index is 6.15. The van der Waals surface area contributed by atoms with Crippen molar-refractivity contribution in [3.63, 3.8) is 0 Å². The molecule has 1 saturated carbocycles. The van der Waals surface area contributed by atoms with Crippen LogP contribution in [0.1, 0.15) is 39.0 Å². The van der Waals surface area contributed by atoms with Crippen LogP contribution in [0.15, 0.2) is 0 Å². The smallest absolute Gasteiger partial charge is 0.0589 e. The highest BCUT2D eigenvalue weighted by Crippen LogP contribution is 2.40. The second-order valence-electron chi connectivity index (χ2n) is 5.77. The van der Waals surface area contributed by atoms with Crippen molar-refractivity contribution in [1.29, 1.82) is 0 Å². The summed E-state index contributed by atoms with van der Waals surface area (Å²) in [5, 5.41) is 0. The first kappa shape index (κ1) is 16.9.